The Kier molecular flexibility index (Phi) is 4.47. The molecular weight excluding hydrogens is 320 g/mol. The summed E-state index contributed by atoms with van der Waals surface area (Å²) in [7, 11) is 1.62. The van der Waals surface area contributed by atoms with Gasteiger partial charge in [-0.25, -0.2) is 0 Å². The van der Waals surface area contributed by atoms with E-state index in [4.69, 9.17) is 4.74 Å². The van der Waals surface area contributed by atoms with Crippen molar-refractivity contribution in [3.63, 3.8) is 0 Å². The number of nitro benzene ring substituents is 1. The highest BCUT2D eigenvalue weighted by Crippen LogP contribution is 2.28. The van der Waals surface area contributed by atoms with Crippen LogP contribution < -0.4 is 4.74 Å². The maximum absolute atomic E-state index is 11.0. The van der Waals surface area contributed by atoms with E-state index in [0.29, 0.717) is 17.8 Å². The van der Waals surface area contributed by atoms with Gasteiger partial charge in [0.15, 0.2) is 5.82 Å². The second-order valence-electron chi connectivity index (χ2n) is 5.59. The number of nitro groups is 1. The number of ether oxygens (including phenoxy) is 1. The van der Waals surface area contributed by atoms with Crippen molar-refractivity contribution in [2.24, 2.45) is 0 Å². The predicted octanol–water partition coefficient (Wildman–Crippen LogP) is 3.72. The van der Waals surface area contributed by atoms with Crippen molar-refractivity contribution < 1.29 is 9.66 Å². The lowest BCUT2D eigenvalue weighted by molar-refractivity contribution is -0.385. The van der Waals surface area contributed by atoms with Gasteiger partial charge in [-0.05, 0) is 43.3 Å². The minimum absolute atomic E-state index is 0.0926. The predicted molar refractivity (Wildman–Crippen MR) is 94.1 cm³/mol. The molecule has 7 heteroatoms. The molecule has 0 saturated heterocycles. The van der Waals surface area contributed by atoms with E-state index >= 15 is 0 Å². The summed E-state index contributed by atoms with van der Waals surface area (Å²) in [6, 6.07) is 12.6. The Morgan fingerprint density at radius 3 is 2.44 bits per heavy atom. The van der Waals surface area contributed by atoms with Crippen LogP contribution in [0, 0.1) is 17.0 Å². The molecule has 25 heavy (non-hydrogen) atoms. The molecule has 0 spiro atoms. The second kappa shape index (κ2) is 6.72. The number of benzene rings is 2. The van der Waals surface area contributed by atoms with Crippen LogP contribution in [-0.2, 0) is 6.42 Å². The Labute approximate surface area is 145 Å². The largest absolute Gasteiger partial charge is 0.497 e. The van der Waals surface area contributed by atoms with Gasteiger partial charge in [0.1, 0.15) is 11.6 Å². The summed E-state index contributed by atoms with van der Waals surface area (Å²) in [4.78, 5) is 10.6. The van der Waals surface area contributed by atoms with Crippen LogP contribution in [0.1, 0.15) is 18.3 Å². The highest BCUT2D eigenvalue weighted by Gasteiger charge is 2.17. The standard InChI is InChI=1S/C18H18N4O3/c1-4-17-19-20-18(13-5-10-16(22(23)24)12(2)11-13)21(17)14-6-8-15(25-3)9-7-14/h5-11H,4H2,1-3H3. The van der Waals surface area contributed by atoms with E-state index in [1.807, 2.05) is 35.8 Å². The lowest BCUT2D eigenvalue weighted by atomic mass is 10.1. The van der Waals surface area contributed by atoms with E-state index in [1.165, 1.54) is 6.07 Å². The van der Waals surface area contributed by atoms with Crippen LogP contribution in [0.4, 0.5) is 5.69 Å². The highest BCUT2D eigenvalue weighted by molar-refractivity contribution is 5.63. The zero-order chi connectivity index (χ0) is 18.0. The first kappa shape index (κ1) is 16.6. The minimum Gasteiger partial charge on any atom is -0.497 e. The maximum atomic E-state index is 11.0. The van der Waals surface area contributed by atoms with Crippen molar-refractivity contribution in [3.8, 4) is 22.8 Å². The number of hydrogen-bond donors (Lipinski definition) is 0. The summed E-state index contributed by atoms with van der Waals surface area (Å²) in [6.07, 6.45) is 0.713. The van der Waals surface area contributed by atoms with Gasteiger partial charge in [0.2, 0.25) is 0 Å². The van der Waals surface area contributed by atoms with Crippen LogP contribution in [0.2, 0.25) is 0 Å². The maximum Gasteiger partial charge on any atom is 0.272 e. The van der Waals surface area contributed by atoms with E-state index in [2.05, 4.69) is 10.2 Å². The smallest absolute Gasteiger partial charge is 0.272 e. The third-order valence-corrected chi connectivity index (χ3v) is 4.03. The molecule has 0 saturated carbocycles. The average molecular weight is 338 g/mol. The quantitative estimate of drug-likeness (QED) is 0.523. The van der Waals surface area contributed by atoms with Gasteiger partial charge in [-0.1, -0.05) is 6.92 Å². The first-order valence-corrected chi connectivity index (χ1v) is 7.89. The SMILES string of the molecule is CCc1nnc(-c2ccc([N+](=O)[O-])c(C)c2)n1-c1ccc(OC)cc1. The summed E-state index contributed by atoms with van der Waals surface area (Å²) in [5.74, 6) is 2.23. The van der Waals surface area contributed by atoms with Crippen LogP contribution in [0.15, 0.2) is 42.5 Å². The monoisotopic (exact) mass is 338 g/mol. The van der Waals surface area contributed by atoms with E-state index in [-0.39, 0.29) is 10.6 Å². The van der Waals surface area contributed by atoms with Gasteiger partial charge < -0.3 is 4.74 Å². The molecule has 3 aromatic rings. The summed E-state index contributed by atoms with van der Waals surface area (Å²) >= 11 is 0. The molecule has 2 aromatic carbocycles. The Balaban J connectivity index is 2.13. The molecule has 0 aliphatic carbocycles. The topological polar surface area (TPSA) is 83.1 Å². The Hall–Kier alpha value is -3.22. The first-order chi connectivity index (χ1) is 12.0. The van der Waals surface area contributed by atoms with Crippen LogP contribution in [0.5, 0.6) is 5.75 Å². The van der Waals surface area contributed by atoms with Crippen LogP contribution in [-0.4, -0.2) is 26.8 Å². The van der Waals surface area contributed by atoms with Gasteiger partial charge >= 0.3 is 0 Å². The van der Waals surface area contributed by atoms with Gasteiger partial charge in [-0.15, -0.1) is 10.2 Å². The van der Waals surface area contributed by atoms with Crippen LogP contribution in [0.25, 0.3) is 17.1 Å². The molecule has 0 aliphatic rings. The van der Waals surface area contributed by atoms with E-state index in [1.54, 1.807) is 26.2 Å². The molecule has 0 aliphatic heterocycles. The van der Waals surface area contributed by atoms with Crippen molar-refractivity contribution in [2.45, 2.75) is 20.3 Å². The molecule has 128 valence electrons. The Morgan fingerprint density at radius 2 is 1.88 bits per heavy atom. The molecule has 0 atom stereocenters. The van der Waals surface area contributed by atoms with E-state index in [0.717, 1.165) is 22.8 Å². The molecule has 3 rings (SSSR count). The fourth-order valence-electron chi connectivity index (χ4n) is 2.73. The zero-order valence-electron chi connectivity index (χ0n) is 14.3. The molecule has 1 aromatic heterocycles. The summed E-state index contributed by atoms with van der Waals surface area (Å²) in [5, 5.41) is 19.6. The molecule has 1 heterocycles. The first-order valence-electron chi connectivity index (χ1n) is 7.89. The minimum atomic E-state index is -0.384. The van der Waals surface area contributed by atoms with Crippen LogP contribution >= 0.6 is 0 Å². The van der Waals surface area contributed by atoms with Gasteiger partial charge in [0.25, 0.3) is 5.69 Å². The van der Waals surface area contributed by atoms with Gasteiger partial charge in [0, 0.05) is 29.3 Å². The van der Waals surface area contributed by atoms with Gasteiger partial charge in [-0.2, -0.15) is 0 Å². The van der Waals surface area contributed by atoms with Gasteiger partial charge in [-0.3, -0.25) is 14.7 Å². The Bertz CT molecular complexity index is 917. The highest BCUT2D eigenvalue weighted by atomic mass is 16.6. The normalized spacial score (nSPS) is 10.7. The average Bonchev–Trinajstić information content (AvgIpc) is 3.05. The van der Waals surface area contributed by atoms with E-state index in [9.17, 15) is 10.1 Å². The van der Waals surface area contributed by atoms with Crippen molar-refractivity contribution in [2.75, 3.05) is 7.11 Å². The molecule has 0 unspecified atom stereocenters. The van der Waals surface area contributed by atoms with Crippen molar-refractivity contribution in [1.29, 1.82) is 0 Å². The summed E-state index contributed by atoms with van der Waals surface area (Å²) in [5.41, 5.74) is 2.37. The molecule has 0 bridgehead atoms. The number of aromatic nitrogens is 3. The molecule has 0 fully saturated rings. The lowest BCUT2D eigenvalue weighted by Crippen LogP contribution is -2.03. The van der Waals surface area contributed by atoms with Crippen LogP contribution in [0.3, 0.4) is 0 Å². The lowest BCUT2D eigenvalue weighted by Gasteiger charge is -2.11. The number of rotatable bonds is 5. The second-order valence-corrected chi connectivity index (χ2v) is 5.59. The van der Waals surface area contributed by atoms with Crippen molar-refractivity contribution in [3.05, 3.63) is 64.0 Å². The Morgan fingerprint density at radius 1 is 1.16 bits per heavy atom. The number of methoxy groups -OCH3 is 1. The zero-order valence-corrected chi connectivity index (χ0v) is 14.3. The van der Waals surface area contributed by atoms with Crippen molar-refractivity contribution in [1.82, 2.24) is 14.8 Å². The number of hydrogen-bond acceptors (Lipinski definition) is 5. The molecule has 0 N–H and O–H groups in total. The fraction of sp³-hybridized carbons (Fsp3) is 0.222. The van der Waals surface area contributed by atoms with E-state index < -0.39 is 0 Å². The molecule has 7 nitrogen and oxygen atoms in total. The molecule has 0 radical (unpaired) electrons. The molecular formula is C18H18N4O3. The third-order valence-electron chi connectivity index (χ3n) is 4.03. The van der Waals surface area contributed by atoms with Crippen molar-refractivity contribution >= 4 is 5.69 Å². The summed E-state index contributed by atoms with van der Waals surface area (Å²) in [6.45, 7) is 3.73. The van der Waals surface area contributed by atoms with Gasteiger partial charge in [0.05, 0.1) is 12.0 Å². The fourth-order valence-corrected chi connectivity index (χ4v) is 2.73. The number of nitrogens with zero attached hydrogens (tertiary/aromatic N) is 4. The number of aryl methyl sites for hydroxylation is 2. The summed E-state index contributed by atoms with van der Waals surface area (Å²) < 4.78 is 7.16. The third kappa shape index (κ3) is 3.08. The molecule has 0 amide bonds.